The van der Waals surface area contributed by atoms with Gasteiger partial charge in [0.1, 0.15) is 0 Å². The SMILES string of the molecule is CCc1ccccc1NC(=O)c1ccc(Cl)c(N(C)S(C)(=O)=O)c1. The van der Waals surface area contributed by atoms with Gasteiger partial charge < -0.3 is 5.32 Å². The quantitative estimate of drug-likeness (QED) is 0.879. The molecule has 7 heteroatoms. The number of nitrogens with one attached hydrogen (secondary N) is 1. The zero-order valence-electron chi connectivity index (χ0n) is 13.7. The van der Waals surface area contributed by atoms with Crippen LogP contribution in [0.5, 0.6) is 0 Å². The number of nitrogens with zero attached hydrogens (tertiary/aromatic N) is 1. The molecule has 0 aromatic heterocycles. The van der Waals surface area contributed by atoms with E-state index in [9.17, 15) is 13.2 Å². The van der Waals surface area contributed by atoms with E-state index in [-0.39, 0.29) is 16.6 Å². The lowest BCUT2D eigenvalue weighted by molar-refractivity contribution is 0.102. The molecule has 0 heterocycles. The van der Waals surface area contributed by atoms with Gasteiger partial charge in [-0.15, -0.1) is 0 Å². The molecule has 2 aromatic rings. The first-order valence-electron chi connectivity index (χ1n) is 7.36. The smallest absolute Gasteiger partial charge is 0.255 e. The summed E-state index contributed by atoms with van der Waals surface area (Å²) < 4.78 is 24.5. The fourth-order valence-electron chi connectivity index (χ4n) is 2.22. The Kier molecular flexibility index (Phi) is 5.51. The Labute approximate surface area is 147 Å². The van der Waals surface area contributed by atoms with E-state index in [2.05, 4.69) is 5.32 Å². The molecule has 2 aromatic carbocycles. The molecule has 1 N–H and O–H groups in total. The Morgan fingerprint density at radius 1 is 1.21 bits per heavy atom. The van der Waals surface area contributed by atoms with E-state index < -0.39 is 10.0 Å². The van der Waals surface area contributed by atoms with Crippen molar-refractivity contribution in [1.29, 1.82) is 0 Å². The van der Waals surface area contributed by atoms with Crippen LogP contribution in [0.4, 0.5) is 11.4 Å². The fraction of sp³-hybridized carbons (Fsp3) is 0.235. The Hall–Kier alpha value is -2.05. The monoisotopic (exact) mass is 366 g/mol. The van der Waals surface area contributed by atoms with Gasteiger partial charge in [-0.25, -0.2) is 8.42 Å². The van der Waals surface area contributed by atoms with E-state index in [0.29, 0.717) is 5.56 Å². The number of para-hydroxylation sites is 1. The van der Waals surface area contributed by atoms with E-state index >= 15 is 0 Å². The molecule has 0 aliphatic carbocycles. The summed E-state index contributed by atoms with van der Waals surface area (Å²) >= 11 is 6.07. The highest BCUT2D eigenvalue weighted by Crippen LogP contribution is 2.28. The maximum absolute atomic E-state index is 12.5. The number of anilines is 2. The van der Waals surface area contributed by atoms with Crippen LogP contribution in [-0.2, 0) is 16.4 Å². The highest BCUT2D eigenvalue weighted by atomic mass is 35.5. The third-order valence-corrected chi connectivity index (χ3v) is 5.20. The van der Waals surface area contributed by atoms with Gasteiger partial charge in [0.05, 0.1) is 17.0 Å². The molecule has 0 atom stereocenters. The highest BCUT2D eigenvalue weighted by molar-refractivity contribution is 7.92. The number of aryl methyl sites for hydroxylation is 1. The molecule has 1 amide bonds. The minimum Gasteiger partial charge on any atom is -0.322 e. The molecular formula is C17H19ClN2O3S. The zero-order chi connectivity index (χ0) is 17.9. The predicted molar refractivity (Wildman–Crippen MR) is 98.5 cm³/mol. The van der Waals surface area contributed by atoms with Gasteiger partial charge in [0.25, 0.3) is 5.91 Å². The molecule has 5 nitrogen and oxygen atoms in total. The van der Waals surface area contributed by atoms with Crippen LogP contribution >= 0.6 is 11.6 Å². The standard InChI is InChI=1S/C17H19ClN2O3S/c1-4-12-7-5-6-8-15(12)19-17(21)13-9-10-14(18)16(11-13)20(2)24(3,22)23/h5-11H,4H2,1-3H3,(H,19,21). The summed E-state index contributed by atoms with van der Waals surface area (Å²) in [5.74, 6) is -0.323. The Balaban J connectivity index is 2.34. The Morgan fingerprint density at radius 2 is 1.88 bits per heavy atom. The number of rotatable bonds is 5. The first-order valence-corrected chi connectivity index (χ1v) is 9.59. The Bertz CT molecular complexity index is 866. The molecule has 0 fully saturated rings. The molecule has 0 aliphatic rings. The van der Waals surface area contributed by atoms with Crippen molar-refractivity contribution in [2.75, 3.05) is 22.9 Å². The molecule has 0 spiro atoms. The number of amides is 1. The van der Waals surface area contributed by atoms with Gasteiger partial charge in [0.15, 0.2) is 0 Å². The summed E-state index contributed by atoms with van der Waals surface area (Å²) in [6.45, 7) is 2.01. The van der Waals surface area contributed by atoms with Crippen molar-refractivity contribution >= 4 is 38.9 Å². The van der Waals surface area contributed by atoms with E-state index in [1.807, 2.05) is 31.2 Å². The number of hydrogen-bond acceptors (Lipinski definition) is 3. The summed E-state index contributed by atoms with van der Waals surface area (Å²) in [4.78, 5) is 12.5. The van der Waals surface area contributed by atoms with Crippen LogP contribution in [0.25, 0.3) is 0 Å². The highest BCUT2D eigenvalue weighted by Gasteiger charge is 2.18. The summed E-state index contributed by atoms with van der Waals surface area (Å²) in [5, 5.41) is 3.11. The molecular weight excluding hydrogens is 348 g/mol. The molecule has 24 heavy (non-hydrogen) atoms. The van der Waals surface area contributed by atoms with E-state index in [0.717, 1.165) is 28.2 Å². The van der Waals surface area contributed by atoms with E-state index in [4.69, 9.17) is 11.6 Å². The van der Waals surface area contributed by atoms with Crippen molar-refractivity contribution in [2.45, 2.75) is 13.3 Å². The van der Waals surface area contributed by atoms with Crippen molar-refractivity contribution in [2.24, 2.45) is 0 Å². The van der Waals surface area contributed by atoms with Gasteiger partial charge in [0, 0.05) is 18.3 Å². The van der Waals surface area contributed by atoms with Crippen LogP contribution < -0.4 is 9.62 Å². The fourth-order valence-corrected chi connectivity index (χ4v) is 3.02. The van der Waals surface area contributed by atoms with Crippen LogP contribution in [0.2, 0.25) is 5.02 Å². The van der Waals surface area contributed by atoms with Gasteiger partial charge in [-0.2, -0.15) is 0 Å². The number of carbonyl (C=O) groups is 1. The number of hydrogen-bond donors (Lipinski definition) is 1. The van der Waals surface area contributed by atoms with Gasteiger partial charge in [-0.1, -0.05) is 36.7 Å². The van der Waals surface area contributed by atoms with Crippen LogP contribution in [0, 0.1) is 0 Å². The third-order valence-electron chi connectivity index (χ3n) is 3.69. The average Bonchev–Trinajstić information content (AvgIpc) is 2.54. The lowest BCUT2D eigenvalue weighted by Gasteiger charge is -2.19. The minimum atomic E-state index is -3.47. The van der Waals surface area contributed by atoms with Gasteiger partial charge in [0.2, 0.25) is 10.0 Å². The topological polar surface area (TPSA) is 66.5 Å². The van der Waals surface area contributed by atoms with Gasteiger partial charge in [-0.05, 0) is 36.2 Å². The zero-order valence-corrected chi connectivity index (χ0v) is 15.3. The molecule has 0 aliphatic heterocycles. The second-order valence-corrected chi connectivity index (χ2v) is 7.78. The molecule has 2 rings (SSSR count). The molecule has 128 valence electrons. The van der Waals surface area contributed by atoms with Crippen LogP contribution in [0.15, 0.2) is 42.5 Å². The molecule has 0 radical (unpaired) electrons. The number of sulfonamides is 1. The lowest BCUT2D eigenvalue weighted by Crippen LogP contribution is -2.25. The predicted octanol–water partition coefficient (Wildman–Crippen LogP) is 3.55. The second-order valence-electron chi connectivity index (χ2n) is 5.36. The third kappa shape index (κ3) is 4.07. The van der Waals surface area contributed by atoms with Gasteiger partial charge >= 0.3 is 0 Å². The first kappa shape index (κ1) is 18.3. The normalized spacial score (nSPS) is 11.2. The van der Waals surface area contributed by atoms with E-state index in [1.54, 1.807) is 6.07 Å². The number of benzene rings is 2. The lowest BCUT2D eigenvalue weighted by atomic mass is 10.1. The summed E-state index contributed by atoms with van der Waals surface area (Å²) in [5.41, 5.74) is 2.35. The van der Waals surface area contributed by atoms with Crippen LogP contribution in [0.1, 0.15) is 22.8 Å². The van der Waals surface area contributed by atoms with Crippen molar-refractivity contribution in [1.82, 2.24) is 0 Å². The number of carbonyl (C=O) groups excluding carboxylic acids is 1. The summed E-state index contributed by atoms with van der Waals surface area (Å²) in [7, 11) is -2.08. The molecule has 0 unspecified atom stereocenters. The molecule has 0 saturated carbocycles. The maximum Gasteiger partial charge on any atom is 0.255 e. The second kappa shape index (κ2) is 7.23. The van der Waals surface area contributed by atoms with Gasteiger partial charge in [-0.3, -0.25) is 9.10 Å². The summed E-state index contributed by atoms with van der Waals surface area (Å²) in [6.07, 6.45) is 1.87. The molecule has 0 saturated heterocycles. The summed E-state index contributed by atoms with van der Waals surface area (Å²) in [6, 6.07) is 12.1. The van der Waals surface area contributed by atoms with Crippen molar-refractivity contribution in [3.05, 3.63) is 58.6 Å². The largest absolute Gasteiger partial charge is 0.322 e. The number of halogens is 1. The van der Waals surface area contributed by atoms with Crippen LogP contribution in [0.3, 0.4) is 0 Å². The van der Waals surface area contributed by atoms with E-state index in [1.165, 1.54) is 19.2 Å². The maximum atomic E-state index is 12.5. The molecule has 0 bridgehead atoms. The van der Waals surface area contributed by atoms with Crippen LogP contribution in [-0.4, -0.2) is 27.6 Å². The minimum absolute atomic E-state index is 0.258. The average molecular weight is 367 g/mol. The van der Waals surface area contributed by atoms with Crippen molar-refractivity contribution in [3.8, 4) is 0 Å². The van der Waals surface area contributed by atoms with Crippen molar-refractivity contribution in [3.63, 3.8) is 0 Å². The van der Waals surface area contributed by atoms with Crippen molar-refractivity contribution < 1.29 is 13.2 Å². The first-order chi connectivity index (χ1) is 11.2. The Morgan fingerprint density at radius 3 is 2.50 bits per heavy atom.